The number of hydrogen-bond donors (Lipinski definition) is 0. The third-order valence-corrected chi connectivity index (χ3v) is 0. The van der Waals surface area contributed by atoms with Crippen LogP contribution in [0.3, 0.4) is 0 Å². The third-order valence-electron chi connectivity index (χ3n) is 0. The Kier molecular flexibility index (Phi) is 4.48. The first-order valence-corrected chi connectivity index (χ1v) is 2.27. The maximum atomic E-state index is 9.83. The van der Waals surface area contributed by atoms with Gasteiger partial charge in [0.2, 0.25) is 0 Å². The van der Waals surface area contributed by atoms with E-state index in [2.05, 4.69) is 0 Å². The van der Waals surface area contributed by atoms with E-state index in [-0.39, 0.29) is 21.1 Å². The largest absolute Gasteiger partial charge is 0.844 e. The summed E-state index contributed by atoms with van der Waals surface area (Å²) < 4.78 is 39.3. The molecular formula is F4MoSi. The molecule has 0 bridgehead atoms. The quantitative estimate of drug-likeness (QED) is 0.314. The van der Waals surface area contributed by atoms with Crippen molar-refractivity contribution in [2.24, 2.45) is 0 Å². The van der Waals surface area contributed by atoms with E-state index in [0.29, 0.717) is 0 Å². The van der Waals surface area contributed by atoms with Crippen molar-refractivity contribution < 1.29 is 37.5 Å². The van der Waals surface area contributed by atoms with Gasteiger partial charge < -0.3 is 0 Å². The molecule has 0 aliphatic carbocycles. The average molecular weight is 200 g/mol. The van der Waals surface area contributed by atoms with Gasteiger partial charge in [-0.15, -0.1) is 0 Å². The molecule has 6 heavy (non-hydrogen) atoms. The van der Waals surface area contributed by atoms with Crippen molar-refractivity contribution in [1.29, 1.82) is 0 Å². The maximum absolute atomic E-state index is 9.83. The molecule has 0 saturated carbocycles. The van der Waals surface area contributed by atoms with E-state index >= 15 is 0 Å². The molecular weight excluding hydrogens is 200 g/mol. The molecule has 0 fully saturated rings. The first-order chi connectivity index (χ1) is 2.00. The summed E-state index contributed by atoms with van der Waals surface area (Å²) in [6.07, 6.45) is 0. The van der Waals surface area contributed by atoms with Gasteiger partial charge in [-0.3, -0.25) is 0 Å². The SMILES string of the molecule is F[Si](F)(F)F.[Mo]. The fourth-order valence-corrected chi connectivity index (χ4v) is 0. The maximum Gasteiger partial charge on any atom is 0.844 e. The summed E-state index contributed by atoms with van der Waals surface area (Å²) in [5, 5.41) is 0. The van der Waals surface area contributed by atoms with Crippen molar-refractivity contribution in [1.82, 2.24) is 0 Å². The van der Waals surface area contributed by atoms with Gasteiger partial charge in [0.25, 0.3) is 0 Å². The number of rotatable bonds is 0. The fraction of sp³-hybridized carbons (Fsp3) is 0. The van der Waals surface area contributed by atoms with E-state index in [1.54, 1.807) is 0 Å². The molecule has 0 spiro atoms. The molecule has 0 aliphatic rings. The summed E-state index contributed by atoms with van der Waals surface area (Å²) in [5.41, 5.74) is 0. The van der Waals surface area contributed by atoms with Crippen molar-refractivity contribution in [3.63, 3.8) is 0 Å². The summed E-state index contributed by atoms with van der Waals surface area (Å²) in [6, 6.07) is 0. The van der Waals surface area contributed by atoms with Crippen LogP contribution in [0.25, 0.3) is 0 Å². The van der Waals surface area contributed by atoms with Crippen LogP contribution in [0.15, 0.2) is 0 Å². The molecule has 0 saturated heterocycles. The smallest absolute Gasteiger partial charge is 0.211 e. The standard InChI is InChI=1S/F4Si.Mo/c1-5(2,3)4;. The predicted molar refractivity (Wildman–Crippen MR) is 10.2 cm³/mol. The summed E-state index contributed by atoms with van der Waals surface area (Å²) in [4.78, 5) is 0. The Labute approximate surface area is 47.5 Å². The summed E-state index contributed by atoms with van der Waals surface area (Å²) in [5.74, 6) is 0. The zero-order valence-electron chi connectivity index (χ0n) is 2.42. The molecule has 6 heteroatoms. The van der Waals surface area contributed by atoms with E-state index in [1.807, 2.05) is 0 Å². The summed E-state index contributed by atoms with van der Waals surface area (Å²) in [6.45, 7) is 0. The molecule has 0 heterocycles. The first kappa shape index (κ1) is 9.80. The van der Waals surface area contributed by atoms with Crippen LogP contribution in [-0.4, -0.2) is 9.41 Å². The molecule has 0 aromatic carbocycles. The first-order valence-electron chi connectivity index (χ1n) is 0.756. The van der Waals surface area contributed by atoms with Gasteiger partial charge >= 0.3 is 9.41 Å². The second kappa shape index (κ2) is 2.74. The van der Waals surface area contributed by atoms with Crippen molar-refractivity contribution in [3.8, 4) is 0 Å². The van der Waals surface area contributed by atoms with E-state index < -0.39 is 9.41 Å². The molecule has 0 radical (unpaired) electrons. The minimum absolute atomic E-state index is 0. The minimum atomic E-state index is -6.61. The molecule has 0 amide bonds. The number of hydrogen-bond acceptors (Lipinski definition) is 0. The molecule has 0 atom stereocenters. The Hall–Kier alpha value is 0.625. The molecule has 0 unspecified atom stereocenters. The summed E-state index contributed by atoms with van der Waals surface area (Å²) in [7, 11) is -6.61. The van der Waals surface area contributed by atoms with E-state index in [4.69, 9.17) is 0 Å². The van der Waals surface area contributed by atoms with Crippen molar-refractivity contribution in [3.05, 3.63) is 0 Å². The second-order valence-electron chi connectivity index (χ2n) is 0.429. The van der Waals surface area contributed by atoms with Crippen LogP contribution < -0.4 is 0 Å². The average Bonchev–Trinajstić information content (AvgIpc) is 0.722. The van der Waals surface area contributed by atoms with Crippen LogP contribution in [0.2, 0.25) is 0 Å². The molecule has 38 valence electrons. The van der Waals surface area contributed by atoms with Gasteiger partial charge in [-0.1, -0.05) is 0 Å². The molecule has 0 aromatic heterocycles. The minimum Gasteiger partial charge on any atom is -0.211 e. The predicted octanol–water partition coefficient (Wildman–Crippen LogP) is 1.30. The van der Waals surface area contributed by atoms with Crippen LogP contribution >= 0.6 is 0 Å². The van der Waals surface area contributed by atoms with E-state index in [9.17, 15) is 16.4 Å². The van der Waals surface area contributed by atoms with Gasteiger partial charge in [0.1, 0.15) is 0 Å². The molecule has 0 rings (SSSR count). The van der Waals surface area contributed by atoms with Gasteiger partial charge in [0.05, 0.1) is 0 Å². The van der Waals surface area contributed by atoms with Gasteiger partial charge in [-0.2, -0.15) is 0 Å². The molecule has 0 nitrogen and oxygen atoms in total. The fourth-order valence-electron chi connectivity index (χ4n) is 0. The van der Waals surface area contributed by atoms with Crippen LogP contribution in [0.5, 0.6) is 0 Å². The zero-order chi connectivity index (χ0) is 4.50. The second-order valence-corrected chi connectivity index (χ2v) is 1.29. The number of halogens is 4. The van der Waals surface area contributed by atoms with Crippen molar-refractivity contribution in [2.75, 3.05) is 0 Å². The zero-order valence-corrected chi connectivity index (χ0v) is 5.43. The van der Waals surface area contributed by atoms with E-state index in [0.717, 1.165) is 0 Å². The van der Waals surface area contributed by atoms with Gasteiger partial charge in [0.15, 0.2) is 0 Å². The summed E-state index contributed by atoms with van der Waals surface area (Å²) >= 11 is 0. The van der Waals surface area contributed by atoms with Crippen LogP contribution in [-0.2, 0) is 21.1 Å². The Morgan fingerprint density at radius 1 is 0.833 bits per heavy atom. The van der Waals surface area contributed by atoms with Crippen LogP contribution in [0, 0.1) is 0 Å². The van der Waals surface area contributed by atoms with Gasteiger partial charge in [-0.25, -0.2) is 16.4 Å². The molecule has 0 aromatic rings. The van der Waals surface area contributed by atoms with Crippen molar-refractivity contribution >= 4 is 9.41 Å². The third kappa shape index (κ3) is 156. The normalized spacial score (nSPS) is 10.0. The van der Waals surface area contributed by atoms with Gasteiger partial charge in [0, 0.05) is 21.1 Å². The van der Waals surface area contributed by atoms with Gasteiger partial charge in [-0.05, 0) is 0 Å². The van der Waals surface area contributed by atoms with E-state index in [1.165, 1.54) is 0 Å². The molecule has 0 N–H and O–H groups in total. The Morgan fingerprint density at radius 2 is 0.833 bits per heavy atom. The Balaban J connectivity index is 0. The Morgan fingerprint density at radius 3 is 0.833 bits per heavy atom. The van der Waals surface area contributed by atoms with Crippen molar-refractivity contribution in [2.45, 2.75) is 0 Å². The van der Waals surface area contributed by atoms with Crippen LogP contribution in [0.1, 0.15) is 0 Å². The topological polar surface area (TPSA) is 0 Å². The van der Waals surface area contributed by atoms with Crippen LogP contribution in [0.4, 0.5) is 16.4 Å². The Bertz CT molecular complexity index is 23.0. The monoisotopic (exact) mass is 202 g/mol. The molecule has 0 aliphatic heterocycles.